The number of fused-ring (bicyclic) bond motifs is 1. The summed E-state index contributed by atoms with van der Waals surface area (Å²) in [5, 5.41) is 0. The lowest BCUT2D eigenvalue weighted by Crippen LogP contribution is -2.42. The lowest BCUT2D eigenvalue weighted by atomic mass is 9.94. The van der Waals surface area contributed by atoms with E-state index in [1.807, 2.05) is 0 Å². The Hall–Kier alpha value is -2.95. The summed E-state index contributed by atoms with van der Waals surface area (Å²) in [6.45, 7) is 2.17. The molecule has 2 amide bonds. The molecule has 1 aliphatic heterocycles. The smallest absolute Gasteiger partial charge is 0.269 e. The highest BCUT2D eigenvalue weighted by Gasteiger charge is 2.37. The molecule has 0 unspecified atom stereocenters. The second-order valence-electron chi connectivity index (χ2n) is 4.93. The third kappa shape index (κ3) is 2.50. The Balaban J connectivity index is 2.19. The highest BCUT2D eigenvalue weighted by atomic mass is 19.1. The van der Waals surface area contributed by atoms with Gasteiger partial charge in [0.05, 0.1) is 24.1 Å². The molecule has 1 heterocycles. The Morgan fingerprint density at radius 3 is 2.35 bits per heavy atom. The minimum absolute atomic E-state index is 0.0700. The summed E-state index contributed by atoms with van der Waals surface area (Å²) in [4.78, 5) is 26.3. The van der Waals surface area contributed by atoms with E-state index in [4.69, 9.17) is 4.74 Å². The van der Waals surface area contributed by atoms with Crippen LogP contribution in [0.3, 0.4) is 0 Å². The molecule has 0 aromatic heterocycles. The van der Waals surface area contributed by atoms with Gasteiger partial charge in [-0.2, -0.15) is 0 Å². The number of amides is 2. The van der Waals surface area contributed by atoms with Crippen molar-refractivity contribution < 1.29 is 18.7 Å². The van der Waals surface area contributed by atoms with Crippen molar-refractivity contribution in [3.8, 4) is 0 Å². The zero-order chi connectivity index (χ0) is 16.4. The normalized spacial score (nSPS) is 15.7. The number of carbonyl (C=O) groups excluding carboxylic acids is 2. The van der Waals surface area contributed by atoms with Crippen molar-refractivity contribution in [1.29, 1.82) is 0 Å². The van der Waals surface area contributed by atoms with E-state index >= 15 is 0 Å². The number of hydrogen-bond donors (Lipinski definition) is 0. The van der Waals surface area contributed by atoms with Crippen molar-refractivity contribution in [2.45, 2.75) is 6.92 Å². The molecule has 0 saturated heterocycles. The molecule has 0 saturated carbocycles. The minimum atomic E-state index is -0.635. The molecule has 3 rings (SSSR count). The molecule has 0 radical (unpaired) electrons. The SMILES string of the molecule is CCO/C=C1/C(=O)N(c2ccccc2F)C(=O)c2ccccc21. The zero-order valence-corrected chi connectivity index (χ0v) is 12.5. The molecule has 4 nitrogen and oxygen atoms in total. The molecule has 2 aromatic carbocycles. The number of rotatable bonds is 3. The van der Waals surface area contributed by atoms with Gasteiger partial charge < -0.3 is 4.74 Å². The summed E-state index contributed by atoms with van der Waals surface area (Å²) in [6.07, 6.45) is 1.32. The molecule has 23 heavy (non-hydrogen) atoms. The van der Waals surface area contributed by atoms with Crippen molar-refractivity contribution >= 4 is 23.1 Å². The van der Waals surface area contributed by atoms with Gasteiger partial charge in [-0.25, -0.2) is 9.29 Å². The third-order valence-electron chi connectivity index (χ3n) is 3.55. The van der Waals surface area contributed by atoms with Gasteiger partial charge in [0.2, 0.25) is 0 Å². The first kappa shape index (κ1) is 15.0. The van der Waals surface area contributed by atoms with E-state index in [1.54, 1.807) is 37.3 Å². The monoisotopic (exact) mass is 311 g/mol. The quantitative estimate of drug-likeness (QED) is 0.496. The molecule has 116 valence electrons. The second-order valence-corrected chi connectivity index (χ2v) is 4.93. The van der Waals surface area contributed by atoms with Crippen LogP contribution in [-0.2, 0) is 9.53 Å². The van der Waals surface area contributed by atoms with Crippen LogP contribution in [0.4, 0.5) is 10.1 Å². The van der Waals surface area contributed by atoms with Crippen LogP contribution in [-0.4, -0.2) is 18.4 Å². The van der Waals surface area contributed by atoms with E-state index in [0.29, 0.717) is 17.7 Å². The average Bonchev–Trinajstić information content (AvgIpc) is 2.57. The van der Waals surface area contributed by atoms with Crippen molar-refractivity contribution in [2.75, 3.05) is 11.5 Å². The number of imide groups is 1. The minimum Gasteiger partial charge on any atom is -0.501 e. The predicted octanol–water partition coefficient (Wildman–Crippen LogP) is 3.39. The molecule has 0 spiro atoms. The van der Waals surface area contributed by atoms with Crippen LogP contribution in [0.5, 0.6) is 0 Å². The number of nitrogens with zero attached hydrogens (tertiary/aromatic N) is 1. The molecular formula is C18H14FNO3. The average molecular weight is 311 g/mol. The van der Waals surface area contributed by atoms with Crippen molar-refractivity contribution in [3.63, 3.8) is 0 Å². The summed E-state index contributed by atoms with van der Waals surface area (Å²) in [5.41, 5.74) is 0.981. The first-order valence-corrected chi connectivity index (χ1v) is 7.19. The van der Waals surface area contributed by atoms with Crippen molar-refractivity contribution in [1.82, 2.24) is 0 Å². The van der Waals surface area contributed by atoms with Gasteiger partial charge in [0.25, 0.3) is 11.8 Å². The summed E-state index contributed by atoms with van der Waals surface area (Å²) in [5.74, 6) is -1.79. The van der Waals surface area contributed by atoms with Crippen LogP contribution >= 0.6 is 0 Å². The zero-order valence-electron chi connectivity index (χ0n) is 12.5. The molecule has 0 fully saturated rings. The fraction of sp³-hybridized carbons (Fsp3) is 0.111. The van der Waals surface area contributed by atoms with Gasteiger partial charge in [0.1, 0.15) is 5.82 Å². The lowest BCUT2D eigenvalue weighted by molar-refractivity contribution is -0.113. The van der Waals surface area contributed by atoms with Gasteiger partial charge in [-0.3, -0.25) is 9.59 Å². The van der Waals surface area contributed by atoms with Crippen LogP contribution in [0.15, 0.2) is 54.8 Å². The van der Waals surface area contributed by atoms with E-state index in [1.165, 1.54) is 24.5 Å². The Morgan fingerprint density at radius 2 is 1.65 bits per heavy atom. The number of hydrogen-bond acceptors (Lipinski definition) is 3. The summed E-state index contributed by atoms with van der Waals surface area (Å²) in [6, 6.07) is 12.4. The van der Waals surface area contributed by atoms with Crippen molar-refractivity contribution in [3.05, 3.63) is 71.7 Å². The Morgan fingerprint density at radius 1 is 1.00 bits per heavy atom. The molecule has 0 aliphatic carbocycles. The molecule has 0 bridgehead atoms. The van der Waals surface area contributed by atoms with Crippen LogP contribution in [0.25, 0.3) is 5.57 Å². The standard InChI is InChI=1S/C18H14FNO3/c1-2-23-11-14-12-7-3-4-8-13(12)17(21)20(18(14)22)16-10-6-5-9-15(16)19/h3-11H,2H2,1H3/b14-11+. The van der Waals surface area contributed by atoms with Gasteiger partial charge in [0.15, 0.2) is 0 Å². The predicted molar refractivity (Wildman–Crippen MR) is 84.3 cm³/mol. The topological polar surface area (TPSA) is 46.6 Å². The van der Waals surface area contributed by atoms with Crippen LogP contribution < -0.4 is 4.90 Å². The Labute approximate surface area is 132 Å². The number of para-hydroxylation sites is 1. The first-order chi connectivity index (χ1) is 11.1. The maximum absolute atomic E-state index is 14.1. The molecule has 2 aromatic rings. The van der Waals surface area contributed by atoms with Gasteiger partial charge >= 0.3 is 0 Å². The first-order valence-electron chi connectivity index (χ1n) is 7.19. The fourth-order valence-corrected chi connectivity index (χ4v) is 2.49. The maximum Gasteiger partial charge on any atom is 0.269 e. The molecular weight excluding hydrogens is 297 g/mol. The Bertz CT molecular complexity index is 813. The third-order valence-corrected chi connectivity index (χ3v) is 3.55. The number of carbonyl (C=O) groups is 2. The lowest BCUT2D eigenvalue weighted by Gasteiger charge is -2.28. The summed E-state index contributed by atoms with van der Waals surface area (Å²) in [7, 11) is 0. The number of ether oxygens (including phenoxy) is 1. The Kier molecular flexibility index (Phi) is 3.93. The van der Waals surface area contributed by atoms with Gasteiger partial charge in [-0.15, -0.1) is 0 Å². The van der Waals surface area contributed by atoms with E-state index in [-0.39, 0.29) is 11.3 Å². The van der Waals surface area contributed by atoms with Gasteiger partial charge in [-0.05, 0) is 25.1 Å². The number of halogens is 1. The summed E-state index contributed by atoms with van der Waals surface area (Å²) < 4.78 is 19.3. The maximum atomic E-state index is 14.1. The number of benzene rings is 2. The molecule has 1 aliphatic rings. The van der Waals surface area contributed by atoms with E-state index in [9.17, 15) is 14.0 Å². The second kappa shape index (κ2) is 6.04. The fourth-order valence-electron chi connectivity index (χ4n) is 2.49. The van der Waals surface area contributed by atoms with Crippen LogP contribution in [0.1, 0.15) is 22.8 Å². The highest BCUT2D eigenvalue weighted by Crippen LogP contribution is 2.33. The van der Waals surface area contributed by atoms with Gasteiger partial charge in [-0.1, -0.05) is 30.3 Å². The number of anilines is 1. The molecule has 0 N–H and O–H groups in total. The summed E-state index contributed by atoms with van der Waals surface area (Å²) >= 11 is 0. The largest absolute Gasteiger partial charge is 0.501 e. The van der Waals surface area contributed by atoms with Crippen LogP contribution in [0, 0.1) is 5.82 Å². The van der Waals surface area contributed by atoms with E-state index in [0.717, 1.165) is 4.90 Å². The molecule has 0 atom stereocenters. The van der Waals surface area contributed by atoms with Gasteiger partial charge in [0, 0.05) is 11.1 Å². The van der Waals surface area contributed by atoms with E-state index in [2.05, 4.69) is 0 Å². The van der Waals surface area contributed by atoms with Crippen LogP contribution in [0.2, 0.25) is 0 Å². The van der Waals surface area contributed by atoms with Crippen molar-refractivity contribution in [2.24, 2.45) is 0 Å². The van der Waals surface area contributed by atoms with E-state index < -0.39 is 17.6 Å². The molecule has 5 heteroatoms. The highest BCUT2D eigenvalue weighted by molar-refractivity contribution is 6.40.